The molecule has 5 saturated carbocycles. The number of hydrogen-bond donors (Lipinski definition) is 10. The molecular formula is C46H76O17. The van der Waals surface area contributed by atoms with E-state index in [9.17, 15) is 51.1 Å². The lowest BCUT2D eigenvalue weighted by atomic mass is 9.41. The molecule has 25 atom stereocenters. The number of aliphatic hydroxyl groups is 10. The summed E-state index contributed by atoms with van der Waals surface area (Å²) in [6.07, 6.45) is -13.3. The fourth-order valence-corrected chi connectivity index (χ4v) is 16.0. The smallest absolute Gasteiger partial charge is 0.187 e. The Morgan fingerprint density at radius 1 is 0.603 bits per heavy atom. The lowest BCUT2D eigenvalue weighted by Crippen LogP contribution is -2.65. The van der Waals surface area contributed by atoms with Crippen molar-refractivity contribution in [3.8, 4) is 0 Å². The Morgan fingerprint density at radius 3 is 1.92 bits per heavy atom. The van der Waals surface area contributed by atoms with Crippen molar-refractivity contribution < 1.29 is 84.2 Å². The maximum absolute atomic E-state index is 12.3. The summed E-state index contributed by atoms with van der Waals surface area (Å²) in [5.74, 6) is -0.264. The predicted molar refractivity (Wildman–Crippen MR) is 219 cm³/mol. The van der Waals surface area contributed by atoms with Crippen LogP contribution < -0.4 is 0 Å². The van der Waals surface area contributed by atoms with Crippen molar-refractivity contribution in [2.45, 2.75) is 229 Å². The zero-order valence-corrected chi connectivity index (χ0v) is 38.2. The van der Waals surface area contributed by atoms with E-state index in [1.807, 2.05) is 0 Å². The first-order valence-corrected chi connectivity index (χ1v) is 23.6. The van der Waals surface area contributed by atoms with E-state index in [-0.39, 0.29) is 58.7 Å². The van der Waals surface area contributed by atoms with Crippen LogP contribution in [0, 0.1) is 44.8 Å². The Balaban J connectivity index is 1.03. The molecule has 0 amide bonds. The SMILES string of the molecule is C[C@@H]1O[C@H](O[C@@H]2[C@H](O[C@@H]3CC[C@]45C[C@]46CC[C@]4(C)[C@H]([C@]7(C)CC[C@@H](C(C)(C)O)O7)[C@H](O)C[C@@]4(C)[C@@H]6C[C@H](O[C@@H]4OC[C@H](O)[C@H](O)[C@@H]4O)[C@@H]5C3(C)C)OC[C@H](O)[C@@H]2O)[C@H](O)[C@H](O)[C@@H]1O. The number of aliphatic hydroxyl groups excluding tert-OH is 9. The molecule has 2 spiro atoms. The Bertz CT molecular complexity index is 1700. The highest BCUT2D eigenvalue weighted by Gasteiger charge is 2.85. The van der Waals surface area contributed by atoms with Crippen LogP contribution in [0.4, 0.5) is 0 Å². The van der Waals surface area contributed by atoms with E-state index in [0.717, 1.165) is 32.1 Å². The molecule has 5 aliphatic carbocycles. The van der Waals surface area contributed by atoms with Crippen molar-refractivity contribution in [2.24, 2.45) is 44.8 Å². The van der Waals surface area contributed by atoms with Crippen LogP contribution in [-0.2, 0) is 33.2 Å². The average molecular weight is 901 g/mol. The molecule has 0 aromatic carbocycles. The summed E-state index contributed by atoms with van der Waals surface area (Å²) in [4.78, 5) is 0. The number of fused-ring (bicyclic) bond motifs is 2. The quantitative estimate of drug-likeness (QED) is 0.146. The van der Waals surface area contributed by atoms with Crippen LogP contribution in [0.15, 0.2) is 0 Å². The van der Waals surface area contributed by atoms with Gasteiger partial charge in [0.25, 0.3) is 0 Å². The Labute approximate surface area is 370 Å². The van der Waals surface area contributed by atoms with Gasteiger partial charge in [0.2, 0.25) is 0 Å². The van der Waals surface area contributed by atoms with Gasteiger partial charge in [0.1, 0.15) is 54.9 Å². The second-order valence-corrected chi connectivity index (χ2v) is 23.4. The van der Waals surface area contributed by atoms with Gasteiger partial charge in [0, 0.05) is 5.92 Å². The molecule has 9 fully saturated rings. The van der Waals surface area contributed by atoms with Crippen LogP contribution in [0.3, 0.4) is 0 Å². The maximum atomic E-state index is 12.3. The lowest BCUT2D eigenvalue weighted by molar-refractivity contribution is -0.366. The molecule has 17 heteroatoms. The van der Waals surface area contributed by atoms with Crippen molar-refractivity contribution in [3.05, 3.63) is 0 Å². The minimum absolute atomic E-state index is 0.0959. The summed E-state index contributed by atoms with van der Waals surface area (Å²) >= 11 is 0. The van der Waals surface area contributed by atoms with Gasteiger partial charge in [-0.3, -0.25) is 0 Å². The van der Waals surface area contributed by atoms with E-state index in [1.54, 1.807) is 13.8 Å². The van der Waals surface area contributed by atoms with Gasteiger partial charge in [-0.05, 0) is 124 Å². The molecule has 4 saturated heterocycles. The van der Waals surface area contributed by atoms with E-state index in [4.69, 9.17) is 33.2 Å². The standard InChI is InChI=1S/C46H76O17/c1-20-28(50)31(53)33(55)38(59-20)62-34-30(52)23(49)18-58-39(34)61-26-10-12-46-19-45(46)14-13-42(6)35(44(8)11-9-27(63-44)41(4,5)56)21(47)16-43(42,7)25(45)15-24(36(46)40(26,2)3)60-37-32(54)29(51)22(48)17-57-37/h20-39,47-56H,9-19H2,1-8H3/t20-,21+,22-,23-,24-,25-,26+,27-,28+,29-,30-,31+,32-,33+,34-,35+,36+,37-,38+,39-,42+,43-,44-,45-,46+/m0/s1. The van der Waals surface area contributed by atoms with Crippen molar-refractivity contribution in [3.63, 3.8) is 0 Å². The summed E-state index contributed by atoms with van der Waals surface area (Å²) in [6.45, 7) is 15.6. The summed E-state index contributed by atoms with van der Waals surface area (Å²) in [6, 6.07) is 0. The monoisotopic (exact) mass is 901 g/mol. The fraction of sp³-hybridized carbons (Fsp3) is 1.00. The lowest BCUT2D eigenvalue weighted by Gasteiger charge is -2.65. The normalized spacial score (nSPS) is 59.0. The van der Waals surface area contributed by atoms with Crippen LogP contribution in [0.2, 0.25) is 0 Å². The third-order valence-electron chi connectivity index (χ3n) is 19.3. The Kier molecular flexibility index (Phi) is 11.8. The van der Waals surface area contributed by atoms with E-state index in [1.165, 1.54) is 6.92 Å². The molecule has 0 aromatic heterocycles. The van der Waals surface area contributed by atoms with Gasteiger partial charge in [0.15, 0.2) is 18.9 Å². The van der Waals surface area contributed by atoms with Gasteiger partial charge in [0.05, 0.1) is 54.9 Å². The molecule has 0 aromatic rings. The van der Waals surface area contributed by atoms with E-state index in [0.29, 0.717) is 25.7 Å². The number of rotatable bonds is 8. The second kappa shape index (κ2) is 15.7. The predicted octanol–water partition coefficient (Wildman–Crippen LogP) is 0.215. The fourth-order valence-electron chi connectivity index (χ4n) is 16.0. The van der Waals surface area contributed by atoms with Crippen molar-refractivity contribution >= 4 is 0 Å². The van der Waals surface area contributed by atoms with Crippen LogP contribution in [0.25, 0.3) is 0 Å². The van der Waals surface area contributed by atoms with Crippen LogP contribution in [0.5, 0.6) is 0 Å². The molecule has 9 rings (SSSR count). The summed E-state index contributed by atoms with van der Waals surface area (Å²) in [7, 11) is 0. The zero-order chi connectivity index (χ0) is 45.8. The highest BCUT2D eigenvalue weighted by molar-refractivity contribution is 5.33. The Hall–Kier alpha value is -0.680. The third-order valence-corrected chi connectivity index (χ3v) is 19.3. The van der Waals surface area contributed by atoms with Gasteiger partial charge in [-0.2, -0.15) is 0 Å². The highest BCUT2D eigenvalue weighted by Crippen LogP contribution is 2.89. The van der Waals surface area contributed by atoms with Crippen molar-refractivity contribution in [1.82, 2.24) is 0 Å². The highest BCUT2D eigenvalue weighted by atomic mass is 16.8. The molecule has 63 heavy (non-hydrogen) atoms. The van der Waals surface area contributed by atoms with Crippen LogP contribution >= 0.6 is 0 Å². The summed E-state index contributed by atoms with van der Waals surface area (Å²) in [5.41, 5.74) is -3.35. The van der Waals surface area contributed by atoms with Crippen LogP contribution in [0.1, 0.15) is 113 Å². The van der Waals surface area contributed by atoms with E-state index in [2.05, 4.69) is 34.6 Å². The topological polar surface area (TPSA) is 267 Å². The molecule has 0 bridgehead atoms. The molecule has 9 aliphatic rings. The van der Waals surface area contributed by atoms with E-state index < -0.39 is 115 Å². The largest absolute Gasteiger partial charge is 0.393 e. The molecule has 4 aliphatic heterocycles. The first-order chi connectivity index (χ1) is 29.3. The molecule has 10 N–H and O–H groups in total. The first kappa shape index (κ1) is 47.4. The van der Waals surface area contributed by atoms with Crippen LogP contribution in [-0.4, -0.2) is 180 Å². The molecular weight excluding hydrogens is 824 g/mol. The third kappa shape index (κ3) is 6.94. The number of ether oxygens (including phenoxy) is 7. The van der Waals surface area contributed by atoms with Gasteiger partial charge < -0.3 is 84.2 Å². The van der Waals surface area contributed by atoms with Crippen molar-refractivity contribution in [1.29, 1.82) is 0 Å². The van der Waals surface area contributed by atoms with E-state index >= 15 is 0 Å². The zero-order valence-electron chi connectivity index (χ0n) is 38.2. The maximum Gasteiger partial charge on any atom is 0.187 e. The minimum atomic E-state index is -1.67. The van der Waals surface area contributed by atoms with Gasteiger partial charge in [-0.15, -0.1) is 0 Å². The molecule has 362 valence electrons. The molecule has 0 radical (unpaired) electrons. The Morgan fingerprint density at radius 2 is 1.25 bits per heavy atom. The average Bonchev–Trinajstić information content (AvgIpc) is 3.57. The molecule has 0 unspecified atom stereocenters. The molecule has 17 nitrogen and oxygen atoms in total. The van der Waals surface area contributed by atoms with Crippen molar-refractivity contribution in [2.75, 3.05) is 13.2 Å². The first-order valence-electron chi connectivity index (χ1n) is 23.6. The molecule has 4 heterocycles. The van der Waals surface area contributed by atoms with Gasteiger partial charge in [-0.1, -0.05) is 27.7 Å². The summed E-state index contributed by atoms with van der Waals surface area (Å²) < 4.78 is 44.4. The second-order valence-electron chi connectivity index (χ2n) is 23.4. The minimum Gasteiger partial charge on any atom is -0.393 e. The number of hydrogen-bond acceptors (Lipinski definition) is 17. The van der Waals surface area contributed by atoms with Gasteiger partial charge >= 0.3 is 0 Å². The van der Waals surface area contributed by atoms with Gasteiger partial charge in [-0.25, -0.2) is 0 Å². The summed E-state index contributed by atoms with van der Waals surface area (Å²) in [5, 5.41) is 109.